The highest BCUT2D eigenvalue weighted by Crippen LogP contribution is 2.31. The lowest BCUT2D eigenvalue weighted by Crippen LogP contribution is -2.56. The van der Waals surface area contributed by atoms with Crippen LogP contribution in [-0.2, 0) is 4.74 Å². The van der Waals surface area contributed by atoms with Crippen molar-refractivity contribution in [2.75, 3.05) is 18.4 Å². The van der Waals surface area contributed by atoms with Crippen molar-refractivity contribution in [3.8, 4) is 11.8 Å². The summed E-state index contributed by atoms with van der Waals surface area (Å²) in [4.78, 5) is 20.9. The van der Waals surface area contributed by atoms with Crippen molar-refractivity contribution in [2.45, 2.75) is 51.4 Å². The number of anilines is 2. The largest absolute Gasteiger partial charge is 0.467 e. The zero-order valence-electron chi connectivity index (χ0n) is 17.4. The highest BCUT2D eigenvalue weighted by Gasteiger charge is 2.48. The quantitative estimate of drug-likeness (QED) is 0.627. The minimum absolute atomic E-state index is 0.0155. The standard InChI is InChI=1S/C18H22F4N6O4/c1-17(2,3)32-16(29)28-5-4-10(18(21,22)9-28)30-14-8-23-7-12(25-14)24-11-6-13(27-26-11)31-15(19)20/h6-8,10,15H,4-5,9H2,1-3H3,(H2,24,25,26,27)/t10-/m1/s1. The van der Waals surface area contributed by atoms with Gasteiger partial charge in [-0.25, -0.2) is 13.6 Å². The van der Waals surface area contributed by atoms with Gasteiger partial charge in [0, 0.05) is 19.0 Å². The summed E-state index contributed by atoms with van der Waals surface area (Å²) < 4.78 is 68.3. The van der Waals surface area contributed by atoms with Crippen LogP contribution in [0.25, 0.3) is 0 Å². The van der Waals surface area contributed by atoms with Crippen molar-refractivity contribution in [1.29, 1.82) is 0 Å². The van der Waals surface area contributed by atoms with Crippen molar-refractivity contribution in [3.63, 3.8) is 0 Å². The first kappa shape index (κ1) is 23.3. The van der Waals surface area contributed by atoms with E-state index in [0.717, 1.165) is 17.2 Å². The molecular formula is C18H22F4N6O4. The van der Waals surface area contributed by atoms with E-state index in [0.29, 0.717) is 0 Å². The molecule has 0 aromatic carbocycles. The number of likely N-dealkylation sites (tertiary alicyclic amines) is 1. The van der Waals surface area contributed by atoms with Gasteiger partial charge in [0.2, 0.25) is 11.8 Å². The molecule has 1 atom stereocenters. The van der Waals surface area contributed by atoms with E-state index in [1.165, 1.54) is 6.20 Å². The average molecular weight is 462 g/mol. The summed E-state index contributed by atoms with van der Waals surface area (Å²) in [6, 6.07) is 1.15. The number of alkyl halides is 4. The molecule has 1 fully saturated rings. The molecule has 0 spiro atoms. The highest BCUT2D eigenvalue weighted by atomic mass is 19.3. The zero-order valence-corrected chi connectivity index (χ0v) is 17.4. The topological polar surface area (TPSA) is 114 Å². The van der Waals surface area contributed by atoms with Gasteiger partial charge in [-0.1, -0.05) is 0 Å². The summed E-state index contributed by atoms with van der Waals surface area (Å²) in [5.74, 6) is -3.65. The number of carbonyl (C=O) groups excluding carboxylic acids is 1. The van der Waals surface area contributed by atoms with Crippen molar-refractivity contribution in [3.05, 3.63) is 18.5 Å². The van der Waals surface area contributed by atoms with E-state index in [4.69, 9.17) is 9.47 Å². The van der Waals surface area contributed by atoms with Crippen molar-refractivity contribution in [2.24, 2.45) is 0 Å². The number of ether oxygens (including phenoxy) is 3. The van der Waals surface area contributed by atoms with Gasteiger partial charge in [0.15, 0.2) is 11.9 Å². The van der Waals surface area contributed by atoms with E-state index >= 15 is 0 Å². The van der Waals surface area contributed by atoms with Crippen LogP contribution in [0.4, 0.5) is 34.0 Å². The van der Waals surface area contributed by atoms with E-state index < -0.39 is 36.9 Å². The lowest BCUT2D eigenvalue weighted by molar-refractivity contribution is -0.138. The molecule has 1 aliphatic heterocycles. The van der Waals surface area contributed by atoms with Crippen LogP contribution >= 0.6 is 0 Å². The molecule has 2 N–H and O–H groups in total. The summed E-state index contributed by atoms with van der Waals surface area (Å²) in [5.41, 5.74) is -0.802. The number of nitrogens with one attached hydrogen (secondary N) is 2. The Morgan fingerprint density at radius 2 is 2.06 bits per heavy atom. The number of nitrogens with zero attached hydrogens (tertiary/aromatic N) is 4. The van der Waals surface area contributed by atoms with Crippen molar-refractivity contribution in [1.82, 2.24) is 25.1 Å². The fourth-order valence-electron chi connectivity index (χ4n) is 2.81. The molecule has 0 unspecified atom stereocenters. The lowest BCUT2D eigenvalue weighted by atomic mass is 10.0. The van der Waals surface area contributed by atoms with E-state index in [9.17, 15) is 22.4 Å². The Balaban J connectivity index is 1.61. The number of piperidine rings is 1. The molecule has 0 saturated carbocycles. The second-order valence-corrected chi connectivity index (χ2v) is 7.92. The number of hydrogen-bond acceptors (Lipinski definition) is 8. The molecule has 2 aromatic rings. The van der Waals surface area contributed by atoms with Gasteiger partial charge in [-0.15, -0.1) is 5.10 Å². The normalized spacial score (nSPS) is 18.4. The van der Waals surface area contributed by atoms with Gasteiger partial charge in [0.1, 0.15) is 11.4 Å². The van der Waals surface area contributed by atoms with Gasteiger partial charge in [-0.3, -0.25) is 10.1 Å². The van der Waals surface area contributed by atoms with Crippen LogP contribution in [0.3, 0.4) is 0 Å². The van der Waals surface area contributed by atoms with E-state index in [-0.39, 0.29) is 36.4 Å². The van der Waals surface area contributed by atoms with Crippen molar-refractivity contribution < 1.29 is 36.6 Å². The van der Waals surface area contributed by atoms with Gasteiger partial charge >= 0.3 is 18.6 Å². The number of aromatic amines is 1. The van der Waals surface area contributed by atoms with Crippen LogP contribution in [0.5, 0.6) is 11.8 Å². The second-order valence-electron chi connectivity index (χ2n) is 7.92. The van der Waals surface area contributed by atoms with Crippen LogP contribution < -0.4 is 14.8 Å². The van der Waals surface area contributed by atoms with Gasteiger partial charge < -0.3 is 24.4 Å². The Hall–Kier alpha value is -3.32. The predicted molar refractivity (Wildman–Crippen MR) is 102 cm³/mol. The van der Waals surface area contributed by atoms with E-state index in [2.05, 4.69) is 30.2 Å². The number of carbonyl (C=O) groups is 1. The number of amides is 1. The third-order valence-electron chi connectivity index (χ3n) is 4.09. The fourth-order valence-corrected chi connectivity index (χ4v) is 2.81. The van der Waals surface area contributed by atoms with E-state index in [1.807, 2.05) is 0 Å². The first-order chi connectivity index (χ1) is 14.9. The Kier molecular flexibility index (Phi) is 6.60. The maximum atomic E-state index is 14.6. The maximum Gasteiger partial charge on any atom is 0.410 e. The second kappa shape index (κ2) is 9.04. The molecule has 0 bridgehead atoms. The molecule has 1 aliphatic rings. The Bertz CT molecular complexity index is 936. The number of H-pyrrole nitrogens is 1. The molecule has 1 amide bonds. The van der Waals surface area contributed by atoms with Crippen LogP contribution in [0.15, 0.2) is 18.5 Å². The third-order valence-corrected chi connectivity index (χ3v) is 4.09. The van der Waals surface area contributed by atoms with Crippen LogP contribution in [0, 0.1) is 0 Å². The summed E-state index contributed by atoms with van der Waals surface area (Å²) in [7, 11) is 0. The zero-order chi connectivity index (χ0) is 23.5. The fraction of sp³-hybridized carbons (Fsp3) is 0.556. The SMILES string of the molecule is CC(C)(C)OC(=O)N1CC[C@@H](Oc2cncc(Nc3cc(OC(F)F)n[nH]3)n2)C(F)(F)C1. The Morgan fingerprint density at radius 3 is 2.72 bits per heavy atom. The number of aromatic nitrogens is 4. The molecule has 1 saturated heterocycles. The lowest BCUT2D eigenvalue weighted by Gasteiger charge is -2.38. The molecule has 176 valence electrons. The first-order valence-electron chi connectivity index (χ1n) is 9.53. The summed E-state index contributed by atoms with van der Waals surface area (Å²) in [6.07, 6.45) is -0.0921. The predicted octanol–water partition coefficient (Wildman–Crippen LogP) is 3.57. The number of halogens is 4. The third kappa shape index (κ3) is 6.34. The monoisotopic (exact) mass is 462 g/mol. The van der Waals surface area contributed by atoms with Gasteiger partial charge in [0.25, 0.3) is 0 Å². The maximum absolute atomic E-state index is 14.6. The molecule has 0 radical (unpaired) electrons. The minimum Gasteiger partial charge on any atom is -0.467 e. The molecule has 2 aromatic heterocycles. The minimum atomic E-state index is -3.36. The Labute approximate surface area is 180 Å². The first-order valence-corrected chi connectivity index (χ1v) is 9.53. The van der Waals surface area contributed by atoms with Crippen LogP contribution in [0.1, 0.15) is 27.2 Å². The molecule has 14 heteroatoms. The molecule has 0 aliphatic carbocycles. The van der Waals surface area contributed by atoms with Crippen molar-refractivity contribution >= 4 is 17.7 Å². The van der Waals surface area contributed by atoms with Gasteiger partial charge in [-0.05, 0) is 20.8 Å². The summed E-state index contributed by atoms with van der Waals surface area (Å²) >= 11 is 0. The number of hydrogen-bond donors (Lipinski definition) is 2. The Morgan fingerprint density at radius 1 is 1.31 bits per heavy atom. The van der Waals surface area contributed by atoms with Crippen LogP contribution in [0.2, 0.25) is 0 Å². The summed E-state index contributed by atoms with van der Waals surface area (Å²) in [5, 5.41) is 8.61. The van der Waals surface area contributed by atoms with Gasteiger partial charge in [0.05, 0.1) is 18.9 Å². The smallest absolute Gasteiger partial charge is 0.410 e. The summed E-state index contributed by atoms with van der Waals surface area (Å²) in [6.45, 7) is 1.06. The van der Waals surface area contributed by atoms with Gasteiger partial charge in [-0.2, -0.15) is 13.8 Å². The molecule has 32 heavy (non-hydrogen) atoms. The molecular weight excluding hydrogens is 440 g/mol. The number of rotatable bonds is 6. The molecule has 10 nitrogen and oxygen atoms in total. The van der Waals surface area contributed by atoms with E-state index in [1.54, 1.807) is 20.8 Å². The highest BCUT2D eigenvalue weighted by molar-refractivity contribution is 5.68. The van der Waals surface area contributed by atoms with Crippen LogP contribution in [-0.4, -0.2) is 68.5 Å². The molecule has 3 heterocycles. The average Bonchev–Trinajstić information content (AvgIpc) is 3.08. The molecule has 3 rings (SSSR count).